The lowest BCUT2D eigenvalue weighted by Gasteiger charge is -2.23. The van der Waals surface area contributed by atoms with Gasteiger partial charge < -0.3 is 10.0 Å². The van der Waals surface area contributed by atoms with Gasteiger partial charge in [0.15, 0.2) is 11.4 Å². The number of nitrogens with zero attached hydrogens (tertiary/aromatic N) is 1. The van der Waals surface area contributed by atoms with Gasteiger partial charge in [0.2, 0.25) is 0 Å². The Hall–Kier alpha value is -3.02. The number of fused-ring (bicyclic) bond motifs is 1. The molecule has 0 aliphatic carbocycles. The smallest absolute Gasteiger partial charge is 0.264 e. The minimum absolute atomic E-state index is 0.160. The van der Waals surface area contributed by atoms with E-state index in [0.29, 0.717) is 27.4 Å². The van der Waals surface area contributed by atoms with E-state index in [-0.39, 0.29) is 24.6 Å². The molecule has 1 atom stereocenters. The quantitative estimate of drug-likeness (QED) is 0.632. The summed E-state index contributed by atoms with van der Waals surface area (Å²) in [6, 6.07) is 19.0. The molecule has 6 heteroatoms. The van der Waals surface area contributed by atoms with Crippen LogP contribution in [-0.2, 0) is 16.9 Å². The van der Waals surface area contributed by atoms with Gasteiger partial charge in [-0.3, -0.25) is 9.59 Å². The molecule has 29 heavy (non-hydrogen) atoms. The largest absolute Gasteiger partial charge is 0.375 e. The predicted molar refractivity (Wildman–Crippen MR) is 108 cm³/mol. The lowest BCUT2D eigenvalue weighted by atomic mass is 9.88. The molecule has 1 aliphatic heterocycles. The molecule has 0 saturated carbocycles. The number of Topliss-reactive ketones (excluding diaryl/α,β-unsaturated/α-hetero) is 1. The minimum atomic E-state index is -1.96. The summed E-state index contributed by atoms with van der Waals surface area (Å²) in [5.74, 6) is -1.31. The Labute approximate surface area is 172 Å². The number of benzene rings is 3. The molecule has 1 heterocycles. The molecular weight excluding hydrogens is 393 g/mol. The fraction of sp³-hybridized carbons (Fsp3) is 0.130. The molecule has 0 spiro atoms. The molecule has 1 amide bonds. The lowest BCUT2D eigenvalue weighted by Crippen LogP contribution is -2.41. The van der Waals surface area contributed by atoms with Crippen LogP contribution in [0.2, 0.25) is 5.02 Å². The van der Waals surface area contributed by atoms with E-state index in [9.17, 15) is 19.1 Å². The molecule has 0 aromatic heterocycles. The van der Waals surface area contributed by atoms with Crippen LogP contribution in [0.3, 0.4) is 0 Å². The van der Waals surface area contributed by atoms with E-state index in [2.05, 4.69) is 0 Å². The van der Waals surface area contributed by atoms with Crippen molar-refractivity contribution in [2.24, 2.45) is 0 Å². The maximum atomic E-state index is 13.2. The number of carbonyl (C=O) groups is 2. The number of aliphatic hydroxyl groups is 1. The second-order valence-corrected chi connectivity index (χ2v) is 7.44. The van der Waals surface area contributed by atoms with Gasteiger partial charge in [0.25, 0.3) is 5.91 Å². The SMILES string of the molecule is O=C(C[C@]1(O)C(=O)N(Cc2ccc(F)cc2)c2ccccc21)c1ccc(Cl)cc1. The van der Waals surface area contributed by atoms with Crippen molar-refractivity contribution in [2.45, 2.75) is 18.6 Å². The van der Waals surface area contributed by atoms with Gasteiger partial charge >= 0.3 is 0 Å². The molecule has 0 saturated heterocycles. The van der Waals surface area contributed by atoms with Crippen LogP contribution < -0.4 is 4.90 Å². The third-order valence-corrected chi connectivity index (χ3v) is 5.33. The molecule has 4 rings (SSSR count). The van der Waals surface area contributed by atoms with E-state index in [1.165, 1.54) is 17.0 Å². The molecule has 0 fully saturated rings. The van der Waals surface area contributed by atoms with Gasteiger partial charge in [0.05, 0.1) is 18.7 Å². The van der Waals surface area contributed by atoms with Crippen molar-refractivity contribution in [2.75, 3.05) is 4.90 Å². The van der Waals surface area contributed by atoms with Gasteiger partial charge in [0.1, 0.15) is 5.82 Å². The van der Waals surface area contributed by atoms with Gasteiger partial charge in [-0.05, 0) is 48.0 Å². The number of hydrogen-bond donors (Lipinski definition) is 1. The number of para-hydroxylation sites is 1. The van der Waals surface area contributed by atoms with Crippen molar-refractivity contribution in [3.63, 3.8) is 0 Å². The van der Waals surface area contributed by atoms with Crippen molar-refractivity contribution >= 4 is 29.0 Å². The number of anilines is 1. The Kier molecular flexibility index (Phi) is 4.94. The van der Waals surface area contributed by atoms with Gasteiger partial charge in [-0.1, -0.05) is 41.9 Å². The summed E-state index contributed by atoms with van der Waals surface area (Å²) in [4.78, 5) is 27.4. The third-order valence-electron chi connectivity index (χ3n) is 5.08. The number of halogens is 2. The Morgan fingerprint density at radius 3 is 2.34 bits per heavy atom. The minimum Gasteiger partial charge on any atom is -0.375 e. The Balaban J connectivity index is 1.66. The van der Waals surface area contributed by atoms with E-state index in [4.69, 9.17) is 11.6 Å². The Bertz CT molecular complexity index is 1080. The van der Waals surface area contributed by atoms with Crippen molar-refractivity contribution in [1.82, 2.24) is 0 Å². The maximum Gasteiger partial charge on any atom is 0.264 e. The average Bonchev–Trinajstić information content (AvgIpc) is 2.92. The topological polar surface area (TPSA) is 57.6 Å². The van der Waals surface area contributed by atoms with Gasteiger partial charge in [-0.15, -0.1) is 0 Å². The molecule has 4 nitrogen and oxygen atoms in total. The van der Waals surface area contributed by atoms with Crippen molar-refractivity contribution < 1.29 is 19.1 Å². The lowest BCUT2D eigenvalue weighted by molar-refractivity contribution is -0.136. The standard InChI is InChI=1S/C23H17ClFNO3/c24-17-9-7-16(8-10-17)21(27)13-23(29)19-3-1-2-4-20(19)26(22(23)28)14-15-5-11-18(25)12-6-15/h1-12,29H,13-14H2/t23-/m1/s1. The summed E-state index contributed by atoms with van der Waals surface area (Å²) >= 11 is 5.87. The molecule has 3 aromatic carbocycles. The van der Waals surface area contributed by atoms with Crippen LogP contribution in [0.1, 0.15) is 27.9 Å². The first kappa shape index (κ1) is 19.3. The molecule has 1 aliphatic rings. The molecule has 0 unspecified atom stereocenters. The highest BCUT2D eigenvalue weighted by Crippen LogP contribution is 2.43. The van der Waals surface area contributed by atoms with Crippen molar-refractivity contribution in [3.8, 4) is 0 Å². The number of amides is 1. The van der Waals surface area contributed by atoms with Crippen molar-refractivity contribution in [3.05, 3.63) is 100 Å². The highest BCUT2D eigenvalue weighted by atomic mass is 35.5. The zero-order valence-electron chi connectivity index (χ0n) is 15.3. The number of ketones is 1. The highest BCUT2D eigenvalue weighted by Gasteiger charge is 2.50. The summed E-state index contributed by atoms with van der Waals surface area (Å²) in [6.45, 7) is 0.160. The first-order valence-electron chi connectivity index (χ1n) is 9.05. The van der Waals surface area contributed by atoms with Crippen LogP contribution in [0.15, 0.2) is 72.8 Å². The first-order chi connectivity index (χ1) is 13.9. The molecule has 0 bridgehead atoms. The number of hydrogen-bond acceptors (Lipinski definition) is 3. The summed E-state index contributed by atoms with van der Waals surface area (Å²) in [5.41, 5.74) is 0.0310. The van der Waals surface area contributed by atoms with E-state index in [1.54, 1.807) is 60.7 Å². The third kappa shape index (κ3) is 3.55. The molecule has 3 aromatic rings. The number of carbonyl (C=O) groups excluding carboxylic acids is 2. The summed E-state index contributed by atoms with van der Waals surface area (Å²) < 4.78 is 13.2. The Morgan fingerprint density at radius 1 is 1.00 bits per heavy atom. The van der Waals surface area contributed by atoms with Crippen molar-refractivity contribution in [1.29, 1.82) is 0 Å². The monoisotopic (exact) mass is 409 g/mol. The van der Waals surface area contributed by atoms with Crippen LogP contribution in [0, 0.1) is 5.82 Å². The summed E-state index contributed by atoms with van der Waals surface area (Å²) in [5, 5.41) is 11.8. The maximum absolute atomic E-state index is 13.2. The normalized spacial score (nSPS) is 18.0. The van der Waals surface area contributed by atoms with E-state index in [1.807, 2.05) is 0 Å². The molecule has 146 valence electrons. The van der Waals surface area contributed by atoms with Crippen LogP contribution in [0.25, 0.3) is 0 Å². The van der Waals surface area contributed by atoms with Crippen LogP contribution in [0.5, 0.6) is 0 Å². The van der Waals surface area contributed by atoms with Gasteiger partial charge in [-0.25, -0.2) is 4.39 Å². The van der Waals surface area contributed by atoms with Crippen LogP contribution >= 0.6 is 11.6 Å². The zero-order valence-corrected chi connectivity index (χ0v) is 16.1. The molecule has 1 N–H and O–H groups in total. The highest BCUT2D eigenvalue weighted by molar-refractivity contribution is 6.30. The molecular formula is C23H17ClFNO3. The summed E-state index contributed by atoms with van der Waals surface area (Å²) in [6.07, 6.45) is -0.385. The Morgan fingerprint density at radius 2 is 1.66 bits per heavy atom. The van der Waals surface area contributed by atoms with Gasteiger partial charge in [-0.2, -0.15) is 0 Å². The zero-order chi connectivity index (χ0) is 20.6. The predicted octanol–water partition coefficient (Wildman–Crippen LogP) is 4.49. The number of rotatable bonds is 5. The van der Waals surface area contributed by atoms with E-state index >= 15 is 0 Å². The molecule has 0 radical (unpaired) electrons. The van der Waals surface area contributed by atoms with Crippen LogP contribution in [-0.4, -0.2) is 16.8 Å². The second kappa shape index (κ2) is 7.43. The first-order valence-corrected chi connectivity index (χ1v) is 9.43. The average molecular weight is 410 g/mol. The van der Waals surface area contributed by atoms with E-state index in [0.717, 1.165) is 0 Å². The summed E-state index contributed by atoms with van der Waals surface area (Å²) in [7, 11) is 0. The van der Waals surface area contributed by atoms with Crippen LogP contribution in [0.4, 0.5) is 10.1 Å². The fourth-order valence-electron chi connectivity index (χ4n) is 3.58. The fourth-order valence-corrected chi connectivity index (χ4v) is 3.70. The van der Waals surface area contributed by atoms with Gasteiger partial charge in [0, 0.05) is 16.1 Å². The van der Waals surface area contributed by atoms with E-state index < -0.39 is 11.5 Å². The second-order valence-electron chi connectivity index (χ2n) is 7.00.